The summed E-state index contributed by atoms with van der Waals surface area (Å²) in [5.74, 6) is 0.402. The van der Waals surface area contributed by atoms with Crippen LogP contribution >= 0.6 is 23.2 Å². The monoisotopic (exact) mass is 631 g/mol. The van der Waals surface area contributed by atoms with E-state index in [0.717, 1.165) is 5.56 Å². The number of pyridine rings is 1. The molecule has 3 rings (SSSR count). The molecule has 0 saturated heterocycles. The maximum absolute atomic E-state index is 12.9. The Labute approximate surface area is 261 Å². The van der Waals surface area contributed by atoms with E-state index in [-0.39, 0.29) is 22.0 Å². The molecule has 12 heteroatoms. The second-order valence-electron chi connectivity index (χ2n) is 10.4. The Morgan fingerprint density at radius 3 is 2.16 bits per heavy atom. The van der Waals surface area contributed by atoms with Crippen molar-refractivity contribution in [2.24, 2.45) is 0 Å². The molecule has 0 aliphatic heterocycles. The van der Waals surface area contributed by atoms with Gasteiger partial charge in [0, 0.05) is 13.0 Å². The predicted molar refractivity (Wildman–Crippen MR) is 164 cm³/mol. The quantitative estimate of drug-likeness (QED) is 0.188. The number of hydrogen-bond donors (Lipinski definition) is 1. The third-order valence-electron chi connectivity index (χ3n) is 5.99. The Morgan fingerprint density at radius 1 is 0.953 bits per heavy atom. The highest BCUT2D eigenvalue weighted by molar-refractivity contribution is 6.39. The fraction of sp³-hybridized carbons (Fsp3) is 0.355. The number of ether oxygens (including phenoxy) is 4. The molecule has 1 N–H and O–H groups in total. The largest absolute Gasteiger partial charge is 0.495 e. The smallest absolute Gasteiger partial charge is 0.416 e. The van der Waals surface area contributed by atoms with Crippen LogP contribution < -0.4 is 19.7 Å². The van der Waals surface area contributed by atoms with E-state index < -0.39 is 29.6 Å². The minimum atomic E-state index is -0.970. The summed E-state index contributed by atoms with van der Waals surface area (Å²) >= 11 is 12.3. The second kappa shape index (κ2) is 15.5. The molecule has 1 aromatic heterocycles. The molecule has 10 nitrogen and oxygen atoms in total. The van der Waals surface area contributed by atoms with Crippen LogP contribution in [0.1, 0.15) is 43.1 Å². The highest BCUT2D eigenvalue weighted by Gasteiger charge is 2.26. The first-order valence-corrected chi connectivity index (χ1v) is 14.2. The molecular formula is C31H35Cl2N3O7. The average Bonchev–Trinajstić information content (AvgIpc) is 2.96. The normalized spacial score (nSPS) is 11.7. The van der Waals surface area contributed by atoms with Crippen LogP contribution in [0.3, 0.4) is 0 Å². The molecule has 43 heavy (non-hydrogen) atoms. The van der Waals surface area contributed by atoms with Crippen molar-refractivity contribution >= 4 is 47.0 Å². The van der Waals surface area contributed by atoms with E-state index in [4.69, 9.17) is 42.1 Å². The first-order chi connectivity index (χ1) is 20.4. The van der Waals surface area contributed by atoms with Gasteiger partial charge >= 0.3 is 12.1 Å². The van der Waals surface area contributed by atoms with Crippen LogP contribution in [0.25, 0.3) is 0 Å². The lowest BCUT2D eigenvalue weighted by molar-refractivity contribution is -0.142. The van der Waals surface area contributed by atoms with Crippen LogP contribution in [0.5, 0.6) is 11.5 Å². The second-order valence-corrected chi connectivity index (χ2v) is 11.2. The van der Waals surface area contributed by atoms with Gasteiger partial charge in [0.05, 0.1) is 42.6 Å². The Hall–Kier alpha value is -4.02. The van der Waals surface area contributed by atoms with Gasteiger partial charge in [-0.15, -0.1) is 0 Å². The van der Waals surface area contributed by atoms with Gasteiger partial charge in [-0.3, -0.25) is 9.69 Å². The molecule has 0 aliphatic carbocycles. The number of amides is 2. The Bertz CT molecular complexity index is 1370. The van der Waals surface area contributed by atoms with Crippen LogP contribution in [0, 0.1) is 0 Å². The van der Waals surface area contributed by atoms with Crippen LogP contribution in [-0.2, 0) is 20.7 Å². The molecule has 3 aromatic rings. The number of aromatic nitrogens is 1. The highest BCUT2D eigenvalue weighted by atomic mass is 35.5. The molecule has 0 radical (unpaired) electrons. The molecule has 1 atom stereocenters. The van der Waals surface area contributed by atoms with E-state index in [1.807, 2.05) is 0 Å². The summed E-state index contributed by atoms with van der Waals surface area (Å²) in [4.78, 5) is 43.9. The van der Waals surface area contributed by atoms with E-state index >= 15 is 0 Å². The number of esters is 1. The maximum Gasteiger partial charge on any atom is 0.416 e. The molecule has 2 aromatic carbocycles. The van der Waals surface area contributed by atoms with Crippen molar-refractivity contribution in [3.8, 4) is 11.5 Å². The van der Waals surface area contributed by atoms with Gasteiger partial charge in [-0.25, -0.2) is 14.6 Å². The Kier molecular flexibility index (Phi) is 12.0. The summed E-state index contributed by atoms with van der Waals surface area (Å²) in [7, 11) is 2.79. The first-order valence-electron chi connectivity index (χ1n) is 13.5. The molecule has 0 aliphatic rings. The maximum atomic E-state index is 12.9. The van der Waals surface area contributed by atoms with Crippen LogP contribution in [0.2, 0.25) is 10.0 Å². The number of benzene rings is 2. The van der Waals surface area contributed by atoms with E-state index in [0.29, 0.717) is 36.9 Å². The average molecular weight is 633 g/mol. The third-order valence-corrected chi connectivity index (χ3v) is 6.62. The number of rotatable bonds is 12. The van der Waals surface area contributed by atoms with Crippen molar-refractivity contribution < 1.29 is 33.3 Å². The van der Waals surface area contributed by atoms with Gasteiger partial charge in [-0.2, -0.15) is 0 Å². The van der Waals surface area contributed by atoms with Gasteiger partial charge < -0.3 is 24.3 Å². The number of halogens is 2. The number of carbonyl (C=O) groups is 3. The van der Waals surface area contributed by atoms with Gasteiger partial charge in [-0.05, 0) is 69.2 Å². The molecular weight excluding hydrogens is 597 g/mol. The van der Waals surface area contributed by atoms with E-state index in [2.05, 4.69) is 10.3 Å². The lowest BCUT2D eigenvalue weighted by Gasteiger charge is -2.27. The molecule has 0 spiro atoms. The fourth-order valence-corrected chi connectivity index (χ4v) is 4.49. The molecule has 0 saturated carbocycles. The van der Waals surface area contributed by atoms with Crippen molar-refractivity contribution in [1.29, 1.82) is 0 Å². The molecule has 0 bridgehead atoms. The predicted octanol–water partition coefficient (Wildman–Crippen LogP) is 6.12. The Morgan fingerprint density at radius 2 is 1.60 bits per heavy atom. The topological polar surface area (TPSA) is 116 Å². The zero-order chi connectivity index (χ0) is 31.6. The molecule has 1 unspecified atom stereocenters. The van der Waals surface area contributed by atoms with E-state index in [1.165, 1.54) is 18.2 Å². The van der Waals surface area contributed by atoms with Crippen LogP contribution in [0.4, 0.5) is 10.6 Å². The van der Waals surface area contributed by atoms with Gasteiger partial charge in [0.15, 0.2) is 0 Å². The number of nitrogens with one attached hydrogen (secondary N) is 1. The first kappa shape index (κ1) is 33.5. The van der Waals surface area contributed by atoms with Gasteiger partial charge in [0.25, 0.3) is 5.91 Å². The summed E-state index contributed by atoms with van der Waals surface area (Å²) in [5, 5.41) is 3.00. The number of anilines is 1. The zero-order valence-electron chi connectivity index (χ0n) is 24.7. The van der Waals surface area contributed by atoms with Gasteiger partial charge in [0.1, 0.15) is 29.0 Å². The summed E-state index contributed by atoms with van der Waals surface area (Å²) in [6.45, 7) is 6.02. The third kappa shape index (κ3) is 10.0. The summed E-state index contributed by atoms with van der Waals surface area (Å²) in [5.41, 5.74) is 0.170. The number of carbonyl (C=O) groups excluding carboxylic acids is 3. The van der Waals surface area contributed by atoms with Crippen molar-refractivity contribution in [3.05, 3.63) is 82.0 Å². The molecule has 230 valence electrons. The van der Waals surface area contributed by atoms with Crippen LogP contribution in [0.15, 0.2) is 60.8 Å². The minimum absolute atomic E-state index is 0.0801. The van der Waals surface area contributed by atoms with E-state index in [1.54, 1.807) is 82.5 Å². The van der Waals surface area contributed by atoms with Gasteiger partial charge in [0.2, 0.25) is 0 Å². The SMILES string of the molecule is COC(=O)C(Cc1ccc(OCCCN(C(=O)OC(C)(C)C)c2ccc(OC)cn2)cc1)NC(=O)c1c(Cl)cccc1Cl. The van der Waals surface area contributed by atoms with Gasteiger partial charge in [-0.1, -0.05) is 41.4 Å². The molecule has 1 heterocycles. The standard InChI is InChI=1S/C31H35Cl2N3O7/c1-31(2,3)43-30(39)36(26-15-14-22(40-4)19-34-26)16-7-17-42-21-12-10-20(11-13-21)18-25(29(38)41-5)35-28(37)27-23(32)8-6-9-24(27)33/h6,8-15,19,25H,7,16-18H2,1-5H3,(H,35,37). The van der Waals surface area contributed by atoms with Crippen molar-refractivity contribution in [3.63, 3.8) is 0 Å². The summed E-state index contributed by atoms with van der Waals surface area (Å²) in [6, 6.07) is 14.2. The van der Waals surface area contributed by atoms with Crippen LogP contribution in [-0.4, -0.2) is 62.0 Å². The van der Waals surface area contributed by atoms with Crippen molar-refractivity contribution in [2.45, 2.75) is 45.3 Å². The summed E-state index contributed by atoms with van der Waals surface area (Å²) < 4.78 is 21.5. The number of methoxy groups -OCH3 is 2. The molecule has 2 amide bonds. The minimum Gasteiger partial charge on any atom is -0.495 e. The van der Waals surface area contributed by atoms with Crippen molar-refractivity contribution in [2.75, 3.05) is 32.3 Å². The molecule has 0 fully saturated rings. The number of hydrogen-bond acceptors (Lipinski definition) is 8. The number of nitrogens with zero attached hydrogens (tertiary/aromatic N) is 2. The lowest BCUT2D eigenvalue weighted by atomic mass is 10.0. The lowest BCUT2D eigenvalue weighted by Crippen LogP contribution is -2.43. The fourth-order valence-electron chi connectivity index (χ4n) is 3.92. The summed E-state index contributed by atoms with van der Waals surface area (Å²) in [6.07, 6.45) is 1.68. The van der Waals surface area contributed by atoms with E-state index in [9.17, 15) is 14.4 Å². The Balaban J connectivity index is 1.59. The highest BCUT2D eigenvalue weighted by Crippen LogP contribution is 2.25. The zero-order valence-corrected chi connectivity index (χ0v) is 26.2. The van der Waals surface area contributed by atoms with Crippen molar-refractivity contribution in [1.82, 2.24) is 10.3 Å².